The minimum atomic E-state index is -1.99. The van der Waals surface area contributed by atoms with Crippen molar-refractivity contribution in [3.05, 3.63) is 53.6 Å². The number of hydrogen-bond acceptors (Lipinski definition) is 5. The van der Waals surface area contributed by atoms with Crippen molar-refractivity contribution >= 4 is 5.78 Å². The number of ketones is 1. The molecule has 142 valence electrons. The molecule has 0 spiro atoms. The van der Waals surface area contributed by atoms with Crippen molar-refractivity contribution in [2.45, 2.75) is 39.7 Å². The molecule has 0 saturated carbocycles. The zero-order valence-corrected chi connectivity index (χ0v) is 15.6. The summed E-state index contributed by atoms with van der Waals surface area (Å²) in [5.74, 6) is -3.49. The molecule has 6 nitrogen and oxygen atoms in total. The van der Waals surface area contributed by atoms with E-state index < -0.39 is 17.6 Å². The molecule has 0 N–H and O–H groups in total. The van der Waals surface area contributed by atoms with Gasteiger partial charge in [0.05, 0.1) is 32.1 Å². The number of carbonyl (C=O) groups is 1. The van der Waals surface area contributed by atoms with E-state index in [0.717, 1.165) is 11.8 Å². The van der Waals surface area contributed by atoms with Gasteiger partial charge in [-0.25, -0.2) is 4.39 Å². The molecular formula is C19H25FN2O4. The number of Topliss-reactive ketones (excluding diaryl/α,β-unsaturated/α-hetero) is 1. The molecule has 0 saturated heterocycles. The van der Waals surface area contributed by atoms with Crippen LogP contribution in [0.15, 0.2) is 36.5 Å². The summed E-state index contributed by atoms with van der Waals surface area (Å²) in [6, 6.07) is 9.05. The van der Waals surface area contributed by atoms with E-state index in [0.29, 0.717) is 0 Å². The van der Waals surface area contributed by atoms with Crippen molar-refractivity contribution in [2.24, 2.45) is 0 Å². The summed E-state index contributed by atoms with van der Waals surface area (Å²) in [5, 5.41) is 4.06. The van der Waals surface area contributed by atoms with Crippen LogP contribution in [0, 0.1) is 5.82 Å². The second-order valence-electron chi connectivity index (χ2n) is 5.56. The quantitative estimate of drug-likeness (QED) is 0.476. The van der Waals surface area contributed by atoms with Crippen LogP contribution in [0.1, 0.15) is 49.8 Å². The fraction of sp³-hybridized carbons (Fsp3) is 0.474. The van der Waals surface area contributed by atoms with E-state index in [-0.39, 0.29) is 31.6 Å². The minimum absolute atomic E-state index is 0.162. The Balaban J connectivity index is 2.49. The molecule has 0 radical (unpaired) electrons. The molecular weight excluding hydrogens is 339 g/mol. The Hall–Kier alpha value is -2.09. The zero-order chi connectivity index (χ0) is 19.2. The largest absolute Gasteiger partial charge is 0.353 e. The minimum Gasteiger partial charge on any atom is -0.321 e. The number of halogens is 1. The van der Waals surface area contributed by atoms with E-state index in [1.807, 2.05) is 37.3 Å². The lowest BCUT2D eigenvalue weighted by molar-refractivity contribution is -0.339. The number of aromatic nitrogens is 2. The average Bonchev–Trinajstić information content (AvgIpc) is 3.03. The molecule has 0 aliphatic rings. The van der Waals surface area contributed by atoms with Crippen LogP contribution in [0.25, 0.3) is 0 Å². The molecule has 1 heterocycles. The molecule has 1 atom stereocenters. The summed E-state index contributed by atoms with van der Waals surface area (Å²) in [7, 11) is 0. The van der Waals surface area contributed by atoms with Gasteiger partial charge in [0.2, 0.25) is 0 Å². The summed E-state index contributed by atoms with van der Waals surface area (Å²) in [5.41, 5.74) is 0.649. The fourth-order valence-corrected chi connectivity index (χ4v) is 2.76. The van der Waals surface area contributed by atoms with E-state index >= 15 is 0 Å². The molecule has 1 aromatic carbocycles. The highest BCUT2D eigenvalue weighted by Gasteiger charge is 2.46. The maximum atomic E-state index is 14.5. The Labute approximate surface area is 152 Å². The molecule has 2 aromatic rings. The van der Waals surface area contributed by atoms with Gasteiger partial charge in [-0.15, -0.1) is 0 Å². The summed E-state index contributed by atoms with van der Waals surface area (Å²) in [6.07, 6.45) is 1.02. The summed E-state index contributed by atoms with van der Waals surface area (Å²) < 4.78 is 32.3. The van der Waals surface area contributed by atoms with Crippen molar-refractivity contribution in [3.8, 4) is 0 Å². The van der Waals surface area contributed by atoms with Gasteiger partial charge in [-0.2, -0.15) is 5.10 Å². The van der Waals surface area contributed by atoms with E-state index in [2.05, 4.69) is 5.10 Å². The molecule has 0 unspecified atom stereocenters. The van der Waals surface area contributed by atoms with Crippen LogP contribution in [0.3, 0.4) is 0 Å². The second-order valence-corrected chi connectivity index (χ2v) is 5.56. The van der Waals surface area contributed by atoms with Gasteiger partial charge < -0.3 is 14.2 Å². The van der Waals surface area contributed by atoms with Gasteiger partial charge >= 0.3 is 5.97 Å². The monoisotopic (exact) mass is 364 g/mol. The Bertz CT molecular complexity index is 701. The highest BCUT2D eigenvalue weighted by molar-refractivity contribution is 5.99. The number of hydrogen-bond donors (Lipinski definition) is 0. The molecule has 0 aliphatic carbocycles. The first-order chi connectivity index (χ1) is 12.5. The van der Waals surface area contributed by atoms with Crippen molar-refractivity contribution < 1.29 is 23.4 Å². The van der Waals surface area contributed by atoms with E-state index in [4.69, 9.17) is 14.2 Å². The average molecular weight is 364 g/mol. The molecule has 0 amide bonds. The van der Waals surface area contributed by atoms with Crippen molar-refractivity contribution in [3.63, 3.8) is 0 Å². The summed E-state index contributed by atoms with van der Waals surface area (Å²) in [4.78, 5) is 13.2. The molecule has 26 heavy (non-hydrogen) atoms. The van der Waals surface area contributed by atoms with Gasteiger partial charge in [0.1, 0.15) is 5.69 Å². The summed E-state index contributed by atoms with van der Waals surface area (Å²) >= 11 is 0. The smallest absolute Gasteiger partial charge is 0.321 e. The Kier molecular flexibility index (Phi) is 7.02. The Morgan fingerprint density at radius 2 is 1.65 bits per heavy atom. The predicted octanol–water partition coefficient (Wildman–Crippen LogP) is 3.58. The second kappa shape index (κ2) is 9.02. The third kappa shape index (κ3) is 4.00. The molecule has 7 heteroatoms. The third-order valence-corrected chi connectivity index (χ3v) is 3.90. The van der Waals surface area contributed by atoms with Gasteiger partial charge in [0.15, 0.2) is 5.82 Å². The maximum absolute atomic E-state index is 14.5. The first-order valence-corrected chi connectivity index (χ1v) is 8.75. The van der Waals surface area contributed by atoms with E-state index in [1.165, 1.54) is 4.68 Å². The van der Waals surface area contributed by atoms with Gasteiger partial charge in [-0.05, 0) is 33.3 Å². The lowest BCUT2D eigenvalue weighted by Crippen LogP contribution is -2.48. The Morgan fingerprint density at radius 3 is 2.15 bits per heavy atom. The lowest BCUT2D eigenvalue weighted by Gasteiger charge is -2.31. The standard InChI is InChI=1S/C19H25FN2O4/c1-5-24-19(25-6-2,26-7-3)18(23)17-16(20)13-21-22(17)14(4)15-11-9-8-10-12-15/h8-14H,5-7H2,1-4H3/t14-/m1/s1. The molecule has 2 rings (SSSR count). The van der Waals surface area contributed by atoms with Crippen LogP contribution in [-0.2, 0) is 14.2 Å². The van der Waals surface area contributed by atoms with Gasteiger partial charge in [-0.1, -0.05) is 30.3 Å². The first-order valence-electron chi connectivity index (χ1n) is 8.75. The third-order valence-electron chi connectivity index (χ3n) is 3.90. The molecule has 1 aromatic heterocycles. The molecule has 0 aliphatic heterocycles. The number of ether oxygens (including phenoxy) is 3. The zero-order valence-electron chi connectivity index (χ0n) is 15.6. The maximum Gasteiger partial charge on any atom is 0.353 e. The Morgan fingerprint density at radius 1 is 1.12 bits per heavy atom. The van der Waals surface area contributed by atoms with Crippen LogP contribution in [0.2, 0.25) is 0 Å². The van der Waals surface area contributed by atoms with E-state index in [1.54, 1.807) is 20.8 Å². The highest BCUT2D eigenvalue weighted by Crippen LogP contribution is 2.27. The normalized spacial score (nSPS) is 13.0. The van der Waals surface area contributed by atoms with Crippen LogP contribution in [-0.4, -0.2) is 41.4 Å². The number of benzene rings is 1. The van der Waals surface area contributed by atoms with Crippen LogP contribution < -0.4 is 0 Å². The van der Waals surface area contributed by atoms with Gasteiger partial charge in [0, 0.05) is 0 Å². The highest BCUT2D eigenvalue weighted by atomic mass is 19.1. The van der Waals surface area contributed by atoms with Gasteiger partial charge in [0.25, 0.3) is 5.78 Å². The molecule has 0 bridgehead atoms. The number of carbonyl (C=O) groups excluding carboxylic acids is 1. The van der Waals surface area contributed by atoms with E-state index in [9.17, 15) is 9.18 Å². The van der Waals surface area contributed by atoms with Crippen molar-refractivity contribution in [1.29, 1.82) is 0 Å². The number of rotatable bonds is 10. The molecule has 0 fully saturated rings. The predicted molar refractivity (Wildman–Crippen MR) is 94.4 cm³/mol. The number of nitrogens with zero attached hydrogens (tertiary/aromatic N) is 2. The van der Waals surface area contributed by atoms with Gasteiger partial charge in [-0.3, -0.25) is 9.48 Å². The van der Waals surface area contributed by atoms with Crippen molar-refractivity contribution in [1.82, 2.24) is 9.78 Å². The van der Waals surface area contributed by atoms with Crippen LogP contribution in [0.4, 0.5) is 4.39 Å². The first kappa shape index (κ1) is 20.2. The fourth-order valence-electron chi connectivity index (χ4n) is 2.76. The topological polar surface area (TPSA) is 62.6 Å². The summed E-state index contributed by atoms with van der Waals surface area (Å²) in [6.45, 7) is 7.45. The van der Waals surface area contributed by atoms with Crippen molar-refractivity contribution in [2.75, 3.05) is 19.8 Å². The lowest BCUT2D eigenvalue weighted by atomic mass is 10.1. The van der Waals surface area contributed by atoms with Crippen LogP contribution >= 0.6 is 0 Å². The SMILES string of the molecule is CCOC(OCC)(OCC)C(=O)c1c(F)cnn1[C@H](C)c1ccccc1. The van der Waals surface area contributed by atoms with Crippen LogP contribution in [0.5, 0.6) is 0 Å².